The van der Waals surface area contributed by atoms with Gasteiger partial charge in [-0.1, -0.05) is 60.7 Å². The van der Waals surface area contributed by atoms with Gasteiger partial charge in [-0.2, -0.15) is 0 Å². The van der Waals surface area contributed by atoms with Gasteiger partial charge in [-0.3, -0.25) is 19.4 Å². The molecule has 2 aliphatic heterocycles. The number of para-hydroxylation sites is 1. The van der Waals surface area contributed by atoms with Crippen LogP contribution in [-0.4, -0.2) is 39.5 Å². The van der Waals surface area contributed by atoms with Gasteiger partial charge in [0, 0.05) is 17.3 Å². The number of carbonyl (C=O) groups is 3. The minimum atomic E-state index is -1.38. The molecule has 0 bridgehead atoms. The van der Waals surface area contributed by atoms with Crippen molar-refractivity contribution in [3.63, 3.8) is 0 Å². The molecule has 6 rings (SSSR count). The first-order chi connectivity index (χ1) is 18.0. The first-order valence-electron chi connectivity index (χ1n) is 12.0. The van der Waals surface area contributed by atoms with Crippen LogP contribution in [0.15, 0.2) is 102 Å². The number of pyridine rings is 1. The molecule has 3 aromatic carbocycles. The molecule has 0 spiro atoms. The summed E-state index contributed by atoms with van der Waals surface area (Å²) < 4.78 is 0. The van der Waals surface area contributed by atoms with E-state index in [-0.39, 0.29) is 17.7 Å². The predicted molar refractivity (Wildman–Crippen MR) is 139 cm³/mol. The number of rotatable bonds is 4. The Bertz CT molecular complexity index is 1560. The molecule has 4 aromatic rings. The fourth-order valence-corrected chi connectivity index (χ4v) is 4.85. The molecule has 2 aliphatic rings. The molecule has 37 heavy (non-hydrogen) atoms. The van der Waals surface area contributed by atoms with Crippen molar-refractivity contribution in [1.29, 1.82) is 0 Å². The van der Waals surface area contributed by atoms with Crippen LogP contribution >= 0.6 is 0 Å². The van der Waals surface area contributed by atoms with Crippen LogP contribution in [0.5, 0.6) is 0 Å². The lowest BCUT2D eigenvalue weighted by molar-refractivity contribution is -0.122. The fourth-order valence-electron chi connectivity index (χ4n) is 4.85. The van der Waals surface area contributed by atoms with Gasteiger partial charge in [0.05, 0.1) is 34.8 Å². The summed E-state index contributed by atoms with van der Waals surface area (Å²) in [6.45, 7) is 2.12. The third-order valence-electron chi connectivity index (χ3n) is 6.60. The van der Waals surface area contributed by atoms with E-state index in [1.165, 1.54) is 0 Å². The molecule has 3 heterocycles. The number of nitrogens with zero attached hydrogens (tertiary/aromatic N) is 4. The van der Waals surface area contributed by atoms with Crippen LogP contribution in [0, 0.1) is 6.92 Å². The smallest absolute Gasteiger partial charge is 0.273 e. The first-order valence-corrected chi connectivity index (χ1v) is 12.0. The van der Waals surface area contributed by atoms with Crippen molar-refractivity contribution in [2.45, 2.75) is 19.6 Å². The number of amides is 3. The number of aromatic nitrogens is 1. The Morgan fingerprint density at radius 2 is 1.38 bits per heavy atom. The molecule has 0 saturated carbocycles. The summed E-state index contributed by atoms with van der Waals surface area (Å²) in [5.41, 5.74) is 4.92. The number of fused-ring (bicyclic) bond motifs is 2. The van der Waals surface area contributed by atoms with Crippen molar-refractivity contribution >= 4 is 29.1 Å². The lowest BCUT2D eigenvalue weighted by Gasteiger charge is -2.28. The van der Waals surface area contributed by atoms with Crippen molar-refractivity contribution in [3.8, 4) is 0 Å². The second kappa shape index (κ2) is 8.95. The lowest BCUT2D eigenvalue weighted by atomic mass is 10.00. The van der Waals surface area contributed by atoms with Crippen LogP contribution in [0.3, 0.4) is 0 Å². The number of benzene rings is 3. The number of benzodiazepines with no additional fused rings is 1. The van der Waals surface area contributed by atoms with E-state index in [2.05, 4.69) is 4.98 Å². The van der Waals surface area contributed by atoms with Crippen LogP contribution in [0.25, 0.3) is 0 Å². The zero-order chi connectivity index (χ0) is 25.5. The normalized spacial score (nSPS) is 16.8. The van der Waals surface area contributed by atoms with Crippen LogP contribution in [0.1, 0.15) is 43.1 Å². The van der Waals surface area contributed by atoms with Crippen molar-refractivity contribution in [2.75, 3.05) is 4.90 Å². The quantitative estimate of drug-likeness (QED) is 0.401. The Labute approximate surface area is 213 Å². The second-order valence-electron chi connectivity index (χ2n) is 9.01. The maximum atomic E-state index is 14.2. The highest BCUT2D eigenvalue weighted by molar-refractivity contribution is 6.25. The average molecular weight is 487 g/mol. The number of hydrogen-bond acceptors (Lipinski definition) is 5. The summed E-state index contributed by atoms with van der Waals surface area (Å²) in [5.74, 6) is -1.54. The van der Waals surface area contributed by atoms with Crippen LogP contribution in [0.2, 0.25) is 0 Å². The molecular weight excluding hydrogens is 464 g/mol. The summed E-state index contributed by atoms with van der Waals surface area (Å²) >= 11 is 0. The van der Waals surface area contributed by atoms with Gasteiger partial charge in [0.1, 0.15) is 0 Å². The molecule has 0 saturated heterocycles. The zero-order valence-electron chi connectivity index (χ0n) is 20.0. The largest absolute Gasteiger partial charge is 0.302 e. The van der Waals surface area contributed by atoms with Gasteiger partial charge in [-0.25, -0.2) is 9.89 Å². The van der Waals surface area contributed by atoms with E-state index in [0.29, 0.717) is 17.1 Å². The van der Waals surface area contributed by atoms with Gasteiger partial charge in [0.2, 0.25) is 6.17 Å². The molecule has 0 fully saturated rings. The van der Waals surface area contributed by atoms with E-state index in [1.54, 1.807) is 35.4 Å². The third kappa shape index (κ3) is 3.81. The molecule has 0 radical (unpaired) electrons. The van der Waals surface area contributed by atoms with Gasteiger partial charge in [0.15, 0.2) is 0 Å². The highest BCUT2D eigenvalue weighted by Gasteiger charge is 2.46. The fraction of sp³-hybridized carbons (Fsp3) is 0.100. The SMILES string of the molecule is Cc1ccnc(CN2C(=O)[C@H](N3C(=O)c4ccccc4C3=O)N=C(c3ccccc3)c3ccccc32)c1. The van der Waals surface area contributed by atoms with E-state index in [9.17, 15) is 14.4 Å². The Morgan fingerprint density at radius 1 is 0.757 bits per heavy atom. The van der Waals surface area contributed by atoms with E-state index in [0.717, 1.165) is 21.6 Å². The molecule has 7 nitrogen and oxygen atoms in total. The lowest BCUT2D eigenvalue weighted by Crippen LogP contribution is -2.49. The van der Waals surface area contributed by atoms with E-state index >= 15 is 0 Å². The molecule has 7 heteroatoms. The minimum Gasteiger partial charge on any atom is -0.302 e. The number of imide groups is 1. The molecule has 0 unspecified atom stereocenters. The number of anilines is 1. The highest BCUT2D eigenvalue weighted by atomic mass is 16.2. The number of aryl methyl sites for hydroxylation is 1. The molecule has 3 amide bonds. The Kier molecular flexibility index (Phi) is 5.45. The molecule has 180 valence electrons. The van der Waals surface area contributed by atoms with Gasteiger partial charge in [-0.05, 0) is 42.8 Å². The summed E-state index contributed by atoms with van der Waals surface area (Å²) in [7, 11) is 0. The van der Waals surface area contributed by atoms with Gasteiger partial charge >= 0.3 is 0 Å². The number of hydrogen-bond donors (Lipinski definition) is 0. The van der Waals surface area contributed by atoms with Crippen LogP contribution in [0.4, 0.5) is 5.69 Å². The molecule has 0 aliphatic carbocycles. The van der Waals surface area contributed by atoms with E-state index in [1.807, 2.05) is 73.7 Å². The van der Waals surface area contributed by atoms with Crippen LogP contribution < -0.4 is 4.90 Å². The maximum Gasteiger partial charge on any atom is 0.273 e. The first kappa shape index (κ1) is 22.5. The maximum absolute atomic E-state index is 14.2. The van der Waals surface area contributed by atoms with E-state index < -0.39 is 23.9 Å². The van der Waals surface area contributed by atoms with Crippen molar-refractivity contribution in [1.82, 2.24) is 9.88 Å². The van der Waals surface area contributed by atoms with Crippen LogP contribution in [-0.2, 0) is 11.3 Å². The monoisotopic (exact) mass is 486 g/mol. The second-order valence-corrected chi connectivity index (χ2v) is 9.01. The molecule has 0 N–H and O–H groups in total. The van der Waals surface area contributed by atoms with Gasteiger partial charge in [-0.15, -0.1) is 0 Å². The minimum absolute atomic E-state index is 0.161. The topological polar surface area (TPSA) is 82.9 Å². The number of aliphatic imine (C=N–C) groups is 1. The number of carbonyl (C=O) groups excluding carboxylic acids is 3. The van der Waals surface area contributed by atoms with Crippen molar-refractivity contribution in [3.05, 3.63) is 131 Å². The van der Waals surface area contributed by atoms with Crippen molar-refractivity contribution < 1.29 is 14.4 Å². The van der Waals surface area contributed by atoms with E-state index in [4.69, 9.17) is 4.99 Å². The Balaban J connectivity index is 1.54. The molecule has 1 aromatic heterocycles. The third-order valence-corrected chi connectivity index (χ3v) is 6.60. The average Bonchev–Trinajstić information content (AvgIpc) is 3.11. The summed E-state index contributed by atoms with van der Waals surface area (Å²) in [4.78, 5) is 53.0. The summed E-state index contributed by atoms with van der Waals surface area (Å²) in [5, 5.41) is 0. The molecular formula is C30H22N4O3. The predicted octanol–water partition coefficient (Wildman–Crippen LogP) is 4.40. The van der Waals surface area contributed by atoms with Gasteiger partial charge in [0.25, 0.3) is 17.7 Å². The van der Waals surface area contributed by atoms with Crippen molar-refractivity contribution in [2.24, 2.45) is 4.99 Å². The standard InChI is InChI=1S/C30H22N4O3/c1-19-15-16-31-21(17-19)18-33-25-14-8-7-13-24(25)26(20-9-3-2-4-10-20)32-27(30(33)37)34-28(35)22-11-5-6-12-23(22)29(34)36/h2-17,27H,18H2,1H3/t27-/m0/s1. The zero-order valence-corrected chi connectivity index (χ0v) is 20.0. The Hall–Kier alpha value is -4.91. The van der Waals surface area contributed by atoms with Gasteiger partial charge < -0.3 is 4.90 Å². The molecule has 1 atom stereocenters. The Morgan fingerprint density at radius 3 is 2.05 bits per heavy atom. The summed E-state index contributed by atoms with van der Waals surface area (Å²) in [6, 6.07) is 27.4. The summed E-state index contributed by atoms with van der Waals surface area (Å²) in [6.07, 6.45) is 0.326. The highest BCUT2D eigenvalue weighted by Crippen LogP contribution is 2.33.